The molecule has 4 N–H and O–H groups in total. The van der Waals surface area contributed by atoms with Crippen LogP contribution >= 0.6 is 12.4 Å². The summed E-state index contributed by atoms with van der Waals surface area (Å²) in [5.74, 6) is -0.0579. The summed E-state index contributed by atoms with van der Waals surface area (Å²) in [5, 5.41) is 10.6. The third-order valence-corrected chi connectivity index (χ3v) is 2.44. The molecule has 0 saturated heterocycles. The van der Waals surface area contributed by atoms with Gasteiger partial charge in [0, 0.05) is 0 Å². The summed E-state index contributed by atoms with van der Waals surface area (Å²) in [5.41, 5.74) is 5.50. The average Bonchev–Trinajstić information content (AvgIpc) is 2.45. The van der Waals surface area contributed by atoms with Crippen molar-refractivity contribution in [1.29, 1.82) is 0 Å². The molecule has 0 aliphatic heterocycles. The van der Waals surface area contributed by atoms with E-state index in [2.05, 4.69) is 25.5 Å². The number of aromatic nitrogens is 2. The molecule has 0 aliphatic carbocycles. The maximum atomic E-state index is 11.9. The van der Waals surface area contributed by atoms with E-state index in [0.717, 1.165) is 0 Å². The number of carbonyl (C=O) groups excluding carboxylic acids is 1. The van der Waals surface area contributed by atoms with Gasteiger partial charge in [0.15, 0.2) is 11.5 Å². The summed E-state index contributed by atoms with van der Waals surface area (Å²) in [6, 6.07) is 8.93. The number of nitrogens with one attached hydrogen (secondary N) is 2. The highest BCUT2D eigenvalue weighted by Gasteiger charge is 2.10. The molecular weight excluding hydrogens is 308 g/mol. The van der Waals surface area contributed by atoms with Crippen molar-refractivity contribution < 1.29 is 4.79 Å². The van der Waals surface area contributed by atoms with Gasteiger partial charge in [-0.25, -0.2) is 0 Å². The van der Waals surface area contributed by atoms with Crippen molar-refractivity contribution in [2.45, 2.75) is 6.92 Å². The number of Topliss-reactive ketones (excluding diaryl/α,β-unsaturated/α-hetero) is 1. The van der Waals surface area contributed by atoms with Crippen LogP contribution in [0.4, 0.5) is 23.1 Å². The van der Waals surface area contributed by atoms with Gasteiger partial charge in [-0.05, 0) is 19.1 Å². The van der Waals surface area contributed by atoms with Crippen molar-refractivity contribution in [1.82, 2.24) is 9.97 Å². The number of H-pyrrole nitrogens is 1. The first-order chi connectivity index (χ1) is 10.1. The van der Waals surface area contributed by atoms with Gasteiger partial charge < -0.3 is 11.1 Å². The Kier molecular flexibility index (Phi) is 6.21. The van der Waals surface area contributed by atoms with Crippen molar-refractivity contribution >= 4 is 41.3 Å². The van der Waals surface area contributed by atoms with Crippen molar-refractivity contribution in [2.24, 2.45) is 10.2 Å². The number of hydrogen-bond donors (Lipinski definition) is 3. The quantitative estimate of drug-likeness (QED) is 0.727. The second kappa shape index (κ2) is 7.89. The summed E-state index contributed by atoms with van der Waals surface area (Å²) >= 11 is 0. The first-order valence-electron chi connectivity index (χ1n) is 6.16. The molecule has 0 unspecified atom stereocenters. The largest absolute Gasteiger partial charge is 0.369 e. The van der Waals surface area contributed by atoms with Crippen molar-refractivity contribution in [3.05, 3.63) is 40.7 Å². The molecule has 9 heteroatoms. The minimum absolute atomic E-state index is 0. The fourth-order valence-corrected chi connectivity index (χ4v) is 1.51. The second-order valence-corrected chi connectivity index (χ2v) is 4.24. The van der Waals surface area contributed by atoms with Gasteiger partial charge in [-0.1, -0.05) is 18.2 Å². The zero-order chi connectivity index (χ0) is 15.2. The van der Waals surface area contributed by atoms with Gasteiger partial charge in [-0.15, -0.1) is 17.5 Å². The Bertz CT molecular complexity index is 729. The van der Waals surface area contributed by atoms with Gasteiger partial charge in [0.05, 0.1) is 12.2 Å². The van der Waals surface area contributed by atoms with Gasteiger partial charge >= 0.3 is 0 Å². The Balaban J connectivity index is 0.00000242. The summed E-state index contributed by atoms with van der Waals surface area (Å²) in [6.07, 6.45) is 0. The minimum atomic E-state index is -0.534. The van der Waals surface area contributed by atoms with Crippen LogP contribution in [-0.2, 0) is 4.79 Å². The Labute approximate surface area is 132 Å². The van der Waals surface area contributed by atoms with E-state index >= 15 is 0 Å². The smallest absolute Gasteiger partial charge is 0.282 e. The Morgan fingerprint density at radius 1 is 1.32 bits per heavy atom. The third-order valence-electron chi connectivity index (χ3n) is 2.44. The lowest BCUT2D eigenvalue weighted by molar-refractivity contribution is -0.115. The van der Waals surface area contributed by atoms with Gasteiger partial charge in [0.2, 0.25) is 5.95 Å². The number of anilines is 2. The Morgan fingerprint density at radius 3 is 2.64 bits per heavy atom. The first-order valence-corrected chi connectivity index (χ1v) is 6.16. The van der Waals surface area contributed by atoms with Gasteiger partial charge in [0.1, 0.15) is 5.78 Å². The number of nitrogen functional groups attached to an aromatic ring is 1. The number of halogens is 1. The molecule has 0 amide bonds. The SMILES string of the molecule is CC(=O)CNc1nc(N)[nH]c(=O)c1N=Nc1ccccc1.Cl. The van der Waals surface area contributed by atoms with Crippen LogP contribution in [0.2, 0.25) is 0 Å². The standard InChI is InChI=1S/C13H14N6O2.ClH/c1-8(20)7-15-11-10(12(21)17-13(14)16-11)19-18-9-5-3-2-4-6-9;/h2-6H,7H2,1H3,(H4,14,15,16,17,21);1H. The van der Waals surface area contributed by atoms with Crippen LogP contribution in [0.1, 0.15) is 6.92 Å². The van der Waals surface area contributed by atoms with Crippen LogP contribution in [0.15, 0.2) is 45.4 Å². The number of benzene rings is 1. The summed E-state index contributed by atoms with van der Waals surface area (Å²) in [7, 11) is 0. The maximum Gasteiger partial charge on any atom is 0.282 e. The van der Waals surface area contributed by atoms with E-state index in [9.17, 15) is 9.59 Å². The number of azo groups is 1. The van der Waals surface area contributed by atoms with Crippen LogP contribution < -0.4 is 16.6 Å². The highest BCUT2D eigenvalue weighted by Crippen LogP contribution is 2.21. The van der Waals surface area contributed by atoms with E-state index in [4.69, 9.17) is 5.73 Å². The highest BCUT2D eigenvalue weighted by molar-refractivity contribution is 5.85. The molecule has 0 fully saturated rings. The van der Waals surface area contributed by atoms with E-state index in [0.29, 0.717) is 5.69 Å². The summed E-state index contributed by atoms with van der Waals surface area (Å²) in [6.45, 7) is 1.43. The number of aromatic amines is 1. The highest BCUT2D eigenvalue weighted by atomic mass is 35.5. The zero-order valence-corrected chi connectivity index (χ0v) is 12.6. The summed E-state index contributed by atoms with van der Waals surface area (Å²) in [4.78, 5) is 29.1. The molecule has 0 radical (unpaired) electrons. The predicted molar refractivity (Wildman–Crippen MR) is 86.3 cm³/mol. The molecule has 2 aromatic rings. The fourth-order valence-electron chi connectivity index (χ4n) is 1.51. The Morgan fingerprint density at radius 2 is 2.00 bits per heavy atom. The van der Waals surface area contributed by atoms with E-state index < -0.39 is 5.56 Å². The molecule has 0 atom stereocenters. The van der Waals surface area contributed by atoms with Crippen LogP contribution in [0.25, 0.3) is 0 Å². The lowest BCUT2D eigenvalue weighted by Gasteiger charge is -2.05. The number of carbonyl (C=O) groups is 1. The normalized spacial score (nSPS) is 10.2. The number of nitrogens with zero attached hydrogens (tertiary/aromatic N) is 3. The maximum absolute atomic E-state index is 11.9. The Hall–Kier alpha value is -2.74. The van der Waals surface area contributed by atoms with E-state index in [1.54, 1.807) is 24.3 Å². The van der Waals surface area contributed by atoms with Crippen LogP contribution in [-0.4, -0.2) is 22.3 Å². The van der Waals surface area contributed by atoms with E-state index in [-0.39, 0.29) is 42.2 Å². The molecule has 0 saturated carbocycles. The fraction of sp³-hybridized carbons (Fsp3) is 0.154. The molecule has 2 rings (SSSR count). The molecule has 116 valence electrons. The third kappa shape index (κ3) is 4.67. The molecule has 0 aliphatic rings. The molecule has 1 aromatic heterocycles. The lowest BCUT2D eigenvalue weighted by atomic mass is 10.3. The molecule has 22 heavy (non-hydrogen) atoms. The number of hydrogen-bond acceptors (Lipinski definition) is 7. The second-order valence-electron chi connectivity index (χ2n) is 4.24. The first kappa shape index (κ1) is 17.3. The number of rotatable bonds is 5. The molecule has 1 aromatic carbocycles. The molecule has 8 nitrogen and oxygen atoms in total. The van der Waals surface area contributed by atoms with E-state index in [1.165, 1.54) is 6.92 Å². The molecule has 0 bridgehead atoms. The molecular formula is C13H15ClN6O2. The molecule has 0 spiro atoms. The molecule has 1 heterocycles. The predicted octanol–water partition coefficient (Wildman–Crippen LogP) is 2.19. The van der Waals surface area contributed by atoms with E-state index in [1.807, 2.05) is 6.07 Å². The van der Waals surface area contributed by atoms with Crippen LogP contribution in [0, 0.1) is 0 Å². The minimum Gasteiger partial charge on any atom is -0.369 e. The monoisotopic (exact) mass is 322 g/mol. The topological polar surface area (TPSA) is 126 Å². The van der Waals surface area contributed by atoms with Gasteiger partial charge in [0.25, 0.3) is 5.56 Å². The zero-order valence-electron chi connectivity index (χ0n) is 11.7. The van der Waals surface area contributed by atoms with Gasteiger partial charge in [-0.3, -0.25) is 14.6 Å². The van der Waals surface area contributed by atoms with Crippen LogP contribution in [0.5, 0.6) is 0 Å². The lowest BCUT2D eigenvalue weighted by Crippen LogP contribution is -2.17. The van der Waals surface area contributed by atoms with Gasteiger partial charge in [-0.2, -0.15) is 10.1 Å². The number of nitrogens with two attached hydrogens (primary N) is 1. The van der Waals surface area contributed by atoms with Crippen molar-refractivity contribution in [3.8, 4) is 0 Å². The van der Waals surface area contributed by atoms with Crippen molar-refractivity contribution in [2.75, 3.05) is 17.6 Å². The average molecular weight is 323 g/mol. The van der Waals surface area contributed by atoms with Crippen LogP contribution in [0.3, 0.4) is 0 Å². The van der Waals surface area contributed by atoms with Crippen molar-refractivity contribution in [3.63, 3.8) is 0 Å². The number of ketones is 1. The summed E-state index contributed by atoms with van der Waals surface area (Å²) < 4.78 is 0.